The van der Waals surface area contributed by atoms with Crippen molar-refractivity contribution in [1.82, 2.24) is 0 Å². The quantitative estimate of drug-likeness (QED) is 0.187. The Kier molecular flexibility index (Phi) is 6.87. The zero-order chi connectivity index (χ0) is 9.44. The van der Waals surface area contributed by atoms with Crippen molar-refractivity contribution in [2.45, 2.75) is 6.42 Å². The minimum atomic E-state index is -1.31. The zero-order valence-electron chi connectivity index (χ0n) is 5.57. The Labute approximate surface area is 62.1 Å². The fourth-order valence-electron chi connectivity index (χ4n) is 0.129. The smallest absolute Gasteiger partial charge is 0.314 e. The fraction of sp³-hybridized carbons (Fsp3) is 0.250. The third-order valence-electron chi connectivity index (χ3n) is 0.302. The number of hydrogen-bond donors (Lipinski definition) is 5. The highest BCUT2D eigenvalue weighted by Gasteiger charge is 2.01. The van der Waals surface area contributed by atoms with E-state index in [1.165, 1.54) is 0 Å². The largest absolute Gasteiger partial charge is 0.481 e. The number of nitrogens with two attached hydrogens (primary N) is 2. The van der Waals surface area contributed by atoms with E-state index in [2.05, 4.69) is 11.5 Å². The predicted molar refractivity (Wildman–Crippen MR) is 36.0 cm³/mol. The van der Waals surface area contributed by atoms with Crippen molar-refractivity contribution in [3.8, 4) is 0 Å². The molecule has 0 aromatic carbocycles. The van der Waals surface area contributed by atoms with Crippen molar-refractivity contribution < 1.29 is 19.8 Å². The average Bonchev–Trinajstić information content (AvgIpc) is 1.56. The predicted octanol–water partition coefficient (Wildman–Crippen LogP) is -1.62. The molecule has 0 atom stereocenters. The first kappa shape index (κ1) is 11.9. The summed E-state index contributed by atoms with van der Waals surface area (Å²) in [5.41, 5.74) is 8.94. The molecule has 0 spiro atoms. The zero-order valence-corrected chi connectivity index (χ0v) is 5.57. The highest BCUT2D eigenvalue weighted by atomic mass is 16.4. The normalized spacial score (nSPS) is 7.27. The monoisotopic (exact) mass is 163 g/mol. The summed E-state index contributed by atoms with van der Waals surface area (Å²) in [7, 11) is 0. The molecule has 0 aromatic rings. The molecule has 0 heterocycles. The van der Waals surface area contributed by atoms with Crippen LogP contribution in [0.5, 0.6) is 0 Å². The second-order valence-corrected chi connectivity index (χ2v) is 1.42. The molecule has 0 aromatic heterocycles. The molecule has 7 heteroatoms. The van der Waals surface area contributed by atoms with E-state index in [1.54, 1.807) is 0 Å². The number of rotatable bonds is 2. The van der Waals surface area contributed by atoms with Crippen LogP contribution in [0.4, 0.5) is 0 Å². The molecular weight excluding hydrogens is 154 g/mol. The lowest BCUT2D eigenvalue weighted by Gasteiger charge is -1.80. The van der Waals surface area contributed by atoms with Crippen LogP contribution in [0.25, 0.3) is 0 Å². The van der Waals surface area contributed by atoms with Crippen molar-refractivity contribution in [3.05, 3.63) is 0 Å². The summed E-state index contributed by atoms with van der Waals surface area (Å²) < 4.78 is 0. The number of guanidine groups is 1. The van der Waals surface area contributed by atoms with Crippen LogP contribution in [0.3, 0.4) is 0 Å². The van der Waals surface area contributed by atoms with Gasteiger partial charge in [-0.25, -0.2) is 0 Å². The van der Waals surface area contributed by atoms with E-state index in [0.717, 1.165) is 0 Å². The van der Waals surface area contributed by atoms with Crippen molar-refractivity contribution in [1.29, 1.82) is 5.41 Å². The second kappa shape index (κ2) is 6.33. The van der Waals surface area contributed by atoms with Crippen molar-refractivity contribution in [2.75, 3.05) is 0 Å². The molecule has 0 amide bonds. The van der Waals surface area contributed by atoms with Gasteiger partial charge in [0, 0.05) is 0 Å². The molecule has 0 aliphatic heterocycles. The van der Waals surface area contributed by atoms with E-state index >= 15 is 0 Å². The minimum absolute atomic E-state index is 0.333. The number of aliphatic carboxylic acids is 2. The van der Waals surface area contributed by atoms with Gasteiger partial charge in [0.1, 0.15) is 6.42 Å². The summed E-state index contributed by atoms with van der Waals surface area (Å²) in [6.45, 7) is 0. The summed E-state index contributed by atoms with van der Waals surface area (Å²) in [5.74, 6) is -2.96. The van der Waals surface area contributed by atoms with Gasteiger partial charge in [-0.15, -0.1) is 0 Å². The maximum Gasteiger partial charge on any atom is 0.314 e. The summed E-state index contributed by atoms with van der Waals surface area (Å²) >= 11 is 0. The van der Waals surface area contributed by atoms with Crippen molar-refractivity contribution >= 4 is 17.9 Å². The molecule has 7 nitrogen and oxygen atoms in total. The van der Waals surface area contributed by atoms with E-state index in [0.29, 0.717) is 0 Å². The summed E-state index contributed by atoms with van der Waals surface area (Å²) in [4.78, 5) is 18.9. The van der Waals surface area contributed by atoms with Gasteiger partial charge < -0.3 is 21.7 Å². The maximum absolute atomic E-state index is 9.43. The molecule has 0 saturated heterocycles. The third-order valence-corrected chi connectivity index (χ3v) is 0.302. The first-order valence-corrected chi connectivity index (χ1v) is 2.39. The Bertz CT molecular complexity index is 151. The molecule has 11 heavy (non-hydrogen) atoms. The number of carbonyl (C=O) groups is 2. The lowest BCUT2D eigenvalue weighted by atomic mass is 10.5. The standard InChI is InChI=1S/C3H4O4.CH5N3/c4-2(5)1-3(6)7;2-1(3)4/h1H2,(H,4,5)(H,6,7);(H5,2,3,4). The van der Waals surface area contributed by atoms with Crippen LogP contribution in [0.1, 0.15) is 6.42 Å². The molecule has 0 radical (unpaired) electrons. The number of nitrogens with one attached hydrogen (secondary N) is 1. The lowest BCUT2D eigenvalue weighted by Crippen LogP contribution is -2.20. The van der Waals surface area contributed by atoms with Crippen LogP contribution in [0.2, 0.25) is 0 Å². The Morgan fingerprint density at radius 1 is 1.18 bits per heavy atom. The Morgan fingerprint density at radius 2 is 1.36 bits per heavy atom. The molecule has 0 fully saturated rings. The molecule has 0 aliphatic carbocycles. The van der Waals surface area contributed by atoms with Gasteiger partial charge in [0.25, 0.3) is 0 Å². The van der Waals surface area contributed by atoms with Crippen LogP contribution in [-0.4, -0.2) is 28.1 Å². The van der Waals surface area contributed by atoms with Crippen LogP contribution < -0.4 is 11.5 Å². The van der Waals surface area contributed by atoms with Crippen LogP contribution >= 0.6 is 0 Å². The van der Waals surface area contributed by atoms with E-state index in [9.17, 15) is 9.59 Å². The topological polar surface area (TPSA) is 150 Å². The molecule has 0 saturated carbocycles. The van der Waals surface area contributed by atoms with Gasteiger partial charge in [-0.3, -0.25) is 15.0 Å². The molecule has 7 N–H and O–H groups in total. The van der Waals surface area contributed by atoms with Gasteiger partial charge in [0.15, 0.2) is 5.96 Å². The lowest BCUT2D eigenvalue weighted by molar-refractivity contribution is -0.147. The average molecular weight is 163 g/mol. The Morgan fingerprint density at radius 3 is 1.36 bits per heavy atom. The first-order chi connectivity index (χ1) is 4.86. The second-order valence-electron chi connectivity index (χ2n) is 1.42. The Balaban J connectivity index is 0. The van der Waals surface area contributed by atoms with Crippen LogP contribution in [0, 0.1) is 5.41 Å². The van der Waals surface area contributed by atoms with Crippen molar-refractivity contribution in [3.63, 3.8) is 0 Å². The van der Waals surface area contributed by atoms with E-state index in [1.807, 2.05) is 0 Å². The van der Waals surface area contributed by atoms with Gasteiger partial charge in [-0.05, 0) is 0 Å². The summed E-state index contributed by atoms with van der Waals surface area (Å²) in [5, 5.41) is 21.5. The Hall–Kier alpha value is -1.79. The number of carboxylic acid groups (broad SMARTS) is 2. The third kappa shape index (κ3) is 64.8. The molecule has 64 valence electrons. The van der Waals surface area contributed by atoms with E-state index < -0.39 is 18.4 Å². The van der Waals surface area contributed by atoms with Gasteiger partial charge in [0.2, 0.25) is 0 Å². The molecule has 0 bridgehead atoms. The molecular formula is C4H9N3O4. The molecule has 0 rings (SSSR count). The summed E-state index contributed by atoms with van der Waals surface area (Å²) in [6.07, 6.45) is -0.806. The fourth-order valence-corrected chi connectivity index (χ4v) is 0.129. The van der Waals surface area contributed by atoms with Gasteiger partial charge in [0.05, 0.1) is 0 Å². The molecule has 0 unspecified atom stereocenters. The number of hydrogen-bond acceptors (Lipinski definition) is 3. The number of carboxylic acids is 2. The summed E-state index contributed by atoms with van der Waals surface area (Å²) in [6, 6.07) is 0. The van der Waals surface area contributed by atoms with E-state index in [-0.39, 0.29) is 5.96 Å². The highest BCUT2D eigenvalue weighted by molar-refractivity contribution is 5.88. The van der Waals surface area contributed by atoms with Gasteiger partial charge in [-0.1, -0.05) is 0 Å². The first-order valence-electron chi connectivity index (χ1n) is 2.39. The van der Waals surface area contributed by atoms with Gasteiger partial charge >= 0.3 is 11.9 Å². The van der Waals surface area contributed by atoms with Crippen molar-refractivity contribution in [2.24, 2.45) is 11.5 Å². The van der Waals surface area contributed by atoms with Gasteiger partial charge in [-0.2, -0.15) is 0 Å². The van der Waals surface area contributed by atoms with E-state index in [4.69, 9.17) is 15.6 Å². The highest BCUT2D eigenvalue weighted by Crippen LogP contribution is 1.74. The molecule has 0 aliphatic rings. The van der Waals surface area contributed by atoms with Crippen LogP contribution in [-0.2, 0) is 9.59 Å². The maximum atomic E-state index is 9.43. The van der Waals surface area contributed by atoms with Crippen LogP contribution in [0.15, 0.2) is 0 Å². The minimum Gasteiger partial charge on any atom is -0.481 e. The SMILES string of the molecule is N=C(N)N.O=C(O)CC(=O)O.